The topological polar surface area (TPSA) is 69.0 Å². The van der Waals surface area contributed by atoms with Crippen LogP contribution in [0.25, 0.3) is 11.0 Å². The van der Waals surface area contributed by atoms with Gasteiger partial charge >= 0.3 is 11.6 Å². The monoisotopic (exact) mass is 655 g/mol. The zero-order valence-corrected chi connectivity index (χ0v) is 22.7. The van der Waals surface area contributed by atoms with Crippen LogP contribution in [0.5, 0.6) is 5.75 Å². The van der Waals surface area contributed by atoms with Gasteiger partial charge in [0.05, 0.1) is 24.7 Å². The Morgan fingerprint density at radius 2 is 1.77 bits per heavy atom. The number of carbonyl (C=O) groups is 1. The van der Waals surface area contributed by atoms with Crippen molar-refractivity contribution in [2.24, 2.45) is 0 Å². The number of halogens is 2. The molecule has 6 nitrogen and oxygen atoms in total. The second kappa shape index (κ2) is 12.9. The summed E-state index contributed by atoms with van der Waals surface area (Å²) in [4.78, 5) is 26.1. The fourth-order valence-corrected chi connectivity index (χ4v) is 3.60. The van der Waals surface area contributed by atoms with E-state index in [1.165, 1.54) is 6.07 Å². The van der Waals surface area contributed by atoms with Gasteiger partial charge in [0.1, 0.15) is 14.8 Å². The first-order valence-electron chi connectivity index (χ1n) is 10.7. The molecule has 0 bridgehead atoms. The lowest BCUT2D eigenvalue weighted by atomic mass is 10.2. The van der Waals surface area contributed by atoms with Crippen LogP contribution in [0.2, 0.25) is 0 Å². The highest BCUT2D eigenvalue weighted by atomic mass is 127. The Labute approximate surface area is 211 Å². The lowest BCUT2D eigenvalue weighted by Gasteiger charge is -2.21. The molecule has 1 atom stereocenters. The molecule has 0 amide bonds. The van der Waals surface area contributed by atoms with E-state index in [1.54, 1.807) is 0 Å². The van der Waals surface area contributed by atoms with E-state index >= 15 is 0 Å². The molecule has 0 radical (unpaired) electrons. The van der Waals surface area contributed by atoms with Crippen LogP contribution in [0.15, 0.2) is 33.5 Å². The maximum Gasteiger partial charge on any atom is 0.339 e. The Bertz CT molecular complexity index is 908. The first-order valence-corrected chi connectivity index (χ1v) is 13.3. The van der Waals surface area contributed by atoms with Gasteiger partial charge in [-0.05, 0) is 58.6 Å². The Kier molecular flexibility index (Phi) is 10.9. The summed E-state index contributed by atoms with van der Waals surface area (Å²) in [6.07, 6.45) is 3.64. The summed E-state index contributed by atoms with van der Waals surface area (Å²) in [6.45, 7) is 8.83. The first kappa shape index (κ1) is 26.2. The molecule has 0 N–H and O–H groups in total. The average molecular weight is 655 g/mol. The summed E-state index contributed by atoms with van der Waals surface area (Å²) in [5.41, 5.74) is 1.16. The average Bonchev–Trinajstić information content (AvgIpc) is 2.75. The quantitative estimate of drug-likeness (QED) is 0.0901. The summed E-state index contributed by atoms with van der Waals surface area (Å²) < 4.78 is 16.9. The van der Waals surface area contributed by atoms with E-state index in [1.807, 2.05) is 25.1 Å². The molecule has 0 aliphatic rings. The van der Waals surface area contributed by atoms with Gasteiger partial charge in [-0.25, -0.2) is 4.79 Å². The zero-order valence-electron chi connectivity index (χ0n) is 18.4. The minimum atomic E-state index is -0.455. The van der Waals surface area contributed by atoms with Crippen molar-refractivity contribution < 1.29 is 18.7 Å². The molecule has 31 heavy (non-hydrogen) atoms. The van der Waals surface area contributed by atoms with Crippen molar-refractivity contribution in [3.8, 4) is 5.75 Å². The summed E-state index contributed by atoms with van der Waals surface area (Å²) in [6, 6.07) is 7.29. The molecule has 0 aliphatic carbocycles. The molecule has 0 saturated heterocycles. The summed E-state index contributed by atoms with van der Waals surface area (Å²) in [7, 11) is 0. The Morgan fingerprint density at radius 1 is 1.10 bits per heavy atom. The van der Waals surface area contributed by atoms with Crippen molar-refractivity contribution in [3.05, 3.63) is 34.7 Å². The Morgan fingerprint density at radius 3 is 2.42 bits per heavy atom. The van der Waals surface area contributed by atoms with Crippen molar-refractivity contribution >= 4 is 67.8 Å². The smallest absolute Gasteiger partial charge is 0.339 e. The van der Waals surface area contributed by atoms with Gasteiger partial charge in [-0.1, -0.05) is 45.2 Å². The third kappa shape index (κ3) is 7.80. The summed E-state index contributed by atoms with van der Waals surface area (Å²) >= 11 is 4.34. The van der Waals surface area contributed by atoms with Gasteiger partial charge < -0.3 is 18.8 Å². The van der Waals surface area contributed by atoms with Crippen LogP contribution < -0.4 is 15.3 Å². The lowest BCUT2D eigenvalue weighted by molar-refractivity contribution is -0.144. The summed E-state index contributed by atoms with van der Waals surface area (Å²) in [5.74, 6) is 0.413. The maximum atomic E-state index is 12.0. The van der Waals surface area contributed by atoms with Crippen molar-refractivity contribution in [3.63, 3.8) is 0 Å². The number of carbonyl (C=O) groups excluding carboxylic acids is 1. The zero-order chi connectivity index (χ0) is 22.9. The third-order valence-corrected chi connectivity index (χ3v) is 8.83. The molecule has 2 aromatic rings. The van der Waals surface area contributed by atoms with Gasteiger partial charge in [0.25, 0.3) is 0 Å². The molecule has 1 aromatic heterocycles. The second-order valence-corrected chi connectivity index (χ2v) is 10.7. The molecule has 0 fully saturated rings. The Balaban J connectivity index is 1.81. The van der Waals surface area contributed by atoms with Crippen molar-refractivity contribution in [1.82, 2.24) is 0 Å². The van der Waals surface area contributed by atoms with Crippen molar-refractivity contribution in [1.29, 1.82) is 0 Å². The number of alkyl halides is 2. The molecule has 1 unspecified atom stereocenters. The van der Waals surface area contributed by atoms with Crippen LogP contribution in [0.4, 0.5) is 5.69 Å². The van der Waals surface area contributed by atoms with E-state index in [4.69, 9.17) is 13.9 Å². The second-order valence-electron chi connectivity index (χ2n) is 7.51. The highest BCUT2D eigenvalue weighted by molar-refractivity contribution is 14.1. The molecule has 8 heteroatoms. The highest BCUT2D eigenvalue weighted by Gasteiger charge is 2.29. The molecule has 172 valence electrons. The van der Waals surface area contributed by atoms with E-state index < -0.39 is 9.05 Å². The largest absolute Gasteiger partial charge is 0.493 e. The molecular formula is C23H31I2NO5. The number of anilines is 1. The van der Waals surface area contributed by atoms with Crippen LogP contribution in [0.1, 0.15) is 46.5 Å². The predicted molar refractivity (Wildman–Crippen MR) is 142 cm³/mol. The van der Waals surface area contributed by atoms with Gasteiger partial charge in [0, 0.05) is 29.3 Å². The van der Waals surface area contributed by atoms with Crippen molar-refractivity contribution in [2.75, 3.05) is 35.6 Å². The number of hydrogen-bond donors (Lipinski definition) is 0. The number of unbranched alkanes of at least 4 members (excludes halogenated alkanes) is 3. The minimum absolute atomic E-state index is 0.148. The van der Waals surface area contributed by atoms with E-state index in [-0.39, 0.29) is 5.97 Å². The van der Waals surface area contributed by atoms with Crippen LogP contribution in [0.3, 0.4) is 0 Å². The standard InChI is InChI=1S/C23H31I2NO5/c1-4-26(5-2)17-10-11-18-19(15-21(27)31-20(18)14-17)29-12-8-6-7-9-13-30-22(28)23(3,25)16-24/h10-11,14-15H,4-9,12-13,16H2,1-3H3. The minimum Gasteiger partial charge on any atom is -0.493 e. The normalized spacial score (nSPS) is 13.1. The molecule has 0 spiro atoms. The van der Waals surface area contributed by atoms with E-state index in [0.29, 0.717) is 24.5 Å². The van der Waals surface area contributed by atoms with E-state index in [0.717, 1.165) is 54.3 Å². The van der Waals surface area contributed by atoms with E-state index in [9.17, 15) is 9.59 Å². The third-order valence-electron chi connectivity index (χ3n) is 5.02. The summed E-state index contributed by atoms with van der Waals surface area (Å²) in [5, 5.41) is 0.805. The number of esters is 1. The van der Waals surface area contributed by atoms with Gasteiger partial charge in [0.15, 0.2) is 0 Å². The van der Waals surface area contributed by atoms with Gasteiger partial charge in [-0.3, -0.25) is 4.79 Å². The highest BCUT2D eigenvalue weighted by Crippen LogP contribution is 2.28. The van der Waals surface area contributed by atoms with Gasteiger partial charge in [-0.2, -0.15) is 0 Å². The SMILES string of the molecule is CCN(CC)c1ccc2c(OCCCCCCOC(=O)C(C)(I)CI)cc(=O)oc2c1. The first-order chi connectivity index (χ1) is 14.8. The molecule has 1 heterocycles. The van der Waals surface area contributed by atoms with Crippen molar-refractivity contribution in [2.45, 2.75) is 49.9 Å². The molecule has 1 aromatic carbocycles. The van der Waals surface area contributed by atoms with Gasteiger partial charge in [-0.15, -0.1) is 0 Å². The number of hydrogen-bond acceptors (Lipinski definition) is 6. The fraction of sp³-hybridized carbons (Fsp3) is 0.565. The van der Waals surface area contributed by atoms with Gasteiger partial charge in [0.2, 0.25) is 0 Å². The maximum absolute atomic E-state index is 12.0. The number of benzene rings is 1. The van der Waals surface area contributed by atoms with Crippen LogP contribution >= 0.6 is 45.2 Å². The predicted octanol–water partition coefficient (Wildman–Crippen LogP) is 5.75. The number of ether oxygens (including phenoxy) is 2. The lowest BCUT2D eigenvalue weighted by Crippen LogP contribution is -2.32. The fourth-order valence-electron chi connectivity index (χ4n) is 3.14. The number of nitrogens with zero attached hydrogens (tertiary/aromatic N) is 1. The Hall–Kier alpha value is -1.04. The van der Waals surface area contributed by atoms with E-state index in [2.05, 4.69) is 63.9 Å². The molecule has 0 saturated carbocycles. The number of fused-ring (bicyclic) bond motifs is 1. The number of rotatable bonds is 13. The van der Waals surface area contributed by atoms with Crippen LogP contribution in [0, 0.1) is 0 Å². The molecular weight excluding hydrogens is 624 g/mol. The molecule has 2 rings (SSSR count). The van der Waals surface area contributed by atoms with Crippen LogP contribution in [-0.4, -0.2) is 40.1 Å². The molecule has 0 aliphatic heterocycles. The van der Waals surface area contributed by atoms with Crippen LogP contribution in [-0.2, 0) is 9.53 Å².